The number of nitrogens with one attached hydrogen (secondary N) is 1. The van der Waals surface area contributed by atoms with E-state index in [1.54, 1.807) is 0 Å². The highest BCUT2D eigenvalue weighted by Crippen LogP contribution is 2.38. The molecule has 4 rings (SSSR count). The van der Waals surface area contributed by atoms with Crippen molar-refractivity contribution in [2.45, 2.75) is 50.9 Å². The number of anilines is 1. The van der Waals surface area contributed by atoms with Gasteiger partial charge >= 0.3 is 0 Å². The third-order valence-corrected chi connectivity index (χ3v) is 5.68. The Hall–Kier alpha value is -2.70. The Morgan fingerprint density at radius 2 is 1.82 bits per heavy atom. The van der Waals surface area contributed by atoms with Crippen LogP contribution in [0.3, 0.4) is 0 Å². The zero-order chi connectivity index (χ0) is 19.3. The molecule has 0 radical (unpaired) electrons. The smallest absolute Gasteiger partial charge is 0.232 e. The molecule has 1 saturated carbocycles. The highest BCUT2D eigenvalue weighted by atomic mass is 16.5. The molecule has 1 aliphatic heterocycles. The van der Waals surface area contributed by atoms with E-state index in [1.165, 1.54) is 0 Å². The van der Waals surface area contributed by atoms with E-state index in [0.29, 0.717) is 11.7 Å². The molecule has 148 valence electrons. The Balaban J connectivity index is 1.41. The van der Waals surface area contributed by atoms with Gasteiger partial charge in [0, 0.05) is 24.7 Å². The fraction of sp³-hybridized carbons (Fsp3) is 0.524. The fourth-order valence-electron chi connectivity index (χ4n) is 4.25. The van der Waals surface area contributed by atoms with E-state index in [0.717, 1.165) is 57.3 Å². The number of carbonyl (C=O) groups is 2. The second-order valence-electron chi connectivity index (χ2n) is 7.67. The lowest BCUT2D eigenvalue weighted by Crippen LogP contribution is -2.38. The van der Waals surface area contributed by atoms with E-state index in [9.17, 15) is 9.59 Å². The van der Waals surface area contributed by atoms with Crippen molar-refractivity contribution in [3.63, 3.8) is 0 Å². The summed E-state index contributed by atoms with van der Waals surface area (Å²) in [6.45, 7) is 1.72. The summed E-state index contributed by atoms with van der Waals surface area (Å²) in [5.74, 6) is 0.773. The number of nitrogens with zero attached hydrogens (tertiary/aromatic N) is 3. The van der Waals surface area contributed by atoms with Gasteiger partial charge in [0.25, 0.3) is 0 Å². The molecule has 28 heavy (non-hydrogen) atoms. The van der Waals surface area contributed by atoms with Gasteiger partial charge in [-0.25, -0.2) is 0 Å². The first-order valence-corrected chi connectivity index (χ1v) is 10.2. The first-order chi connectivity index (χ1) is 13.7. The van der Waals surface area contributed by atoms with Crippen LogP contribution in [-0.4, -0.2) is 39.9 Å². The van der Waals surface area contributed by atoms with Crippen LogP contribution < -0.4 is 5.32 Å². The maximum absolute atomic E-state index is 12.9. The van der Waals surface area contributed by atoms with Crippen molar-refractivity contribution in [2.24, 2.45) is 5.92 Å². The van der Waals surface area contributed by atoms with Gasteiger partial charge in [0.15, 0.2) is 5.82 Å². The Bertz CT molecular complexity index is 814. The molecule has 2 atom stereocenters. The molecule has 1 N–H and O–H groups in total. The molecule has 2 aliphatic rings. The number of amides is 2. The van der Waals surface area contributed by atoms with Crippen molar-refractivity contribution < 1.29 is 14.1 Å². The Labute approximate surface area is 164 Å². The number of rotatable bonds is 5. The zero-order valence-corrected chi connectivity index (χ0v) is 16.0. The molecular formula is C21H26N4O3. The predicted octanol–water partition coefficient (Wildman–Crippen LogP) is 3.15. The van der Waals surface area contributed by atoms with Crippen molar-refractivity contribution in [2.75, 3.05) is 18.4 Å². The van der Waals surface area contributed by atoms with Crippen molar-refractivity contribution in [3.05, 3.63) is 42.0 Å². The average molecular weight is 382 g/mol. The summed E-state index contributed by atoms with van der Waals surface area (Å²) < 4.78 is 5.49. The van der Waals surface area contributed by atoms with Gasteiger partial charge in [-0.05, 0) is 37.8 Å². The maximum Gasteiger partial charge on any atom is 0.232 e. The third-order valence-electron chi connectivity index (χ3n) is 5.68. The number of carbonyl (C=O) groups excluding carboxylic acids is 2. The van der Waals surface area contributed by atoms with Crippen LogP contribution in [0.5, 0.6) is 0 Å². The monoisotopic (exact) mass is 382 g/mol. The lowest BCUT2D eigenvalue weighted by atomic mass is 9.78. The van der Waals surface area contributed by atoms with Gasteiger partial charge in [-0.1, -0.05) is 36.2 Å². The lowest BCUT2D eigenvalue weighted by Gasteiger charge is -2.31. The predicted molar refractivity (Wildman–Crippen MR) is 104 cm³/mol. The molecule has 0 spiro atoms. The van der Waals surface area contributed by atoms with Crippen LogP contribution in [0.25, 0.3) is 0 Å². The molecule has 0 bridgehead atoms. The van der Waals surface area contributed by atoms with Crippen LogP contribution in [0.2, 0.25) is 0 Å². The number of para-hydroxylation sites is 1. The van der Waals surface area contributed by atoms with Crippen LogP contribution in [-0.2, 0) is 16.0 Å². The molecule has 7 heteroatoms. The summed E-state index contributed by atoms with van der Waals surface area (Å²) in [6, 6.07) is 9.28. The molecule has 2 fully saturated rings. The van der Waals surface area contributed by atoms with Gasteiger partial charge in [0.05, 0.1) is 12.3 Å². The first-order valence-electron chi connectivity index (χ1n) is 10.2. The summed E-state index contributed by atoms with van der Waals surface area (Å²) in [5.41, 5.74) is 0.736. The van der Waals surface area contributed by atoms with Crippen LogP contribution in [0, 0.1) is 5.92 Å². The van der Waals surface area contributed by atoms with Crippen molar-refractivity contribution in [1.29, 1.82) is 0 Å². The van der Waals surface area contributed by atoms with Gasteiger partial charge in [-0.2, -0.15) is 4.98 Å². The highest BCUT2D eigenvalue weighted by molar-refractivity contribution is 5.91. The number of hydrogen-bond acceptors (Lipinski definition) is 5. The third kappa shape index (κ3) is 4.24. The zero-order valence-electron chi connectivity index (χ0n) is 16.0. The van der Waals surface area contributed by atoms with Gasteiger partial charge < -0.3 is 14.7 Å². The first kappa shape index (κ1) is 18.7. The fourth-order valence-corrected chi connectivity index (χ4v) is 4.25. The van der Waals surface area contributed by atoms with Crippen LogP contribution in [0.15, 0.2) is 34.9 Å². The molecule has 2 amide bonds. The summed E-state index contributed by atoms with van der Waals surface area (Å²) in [7, 11) is 0. The number of benzene rings is 1. The van der Waals surface area contributed by atoms with Crippen molar-refractivity contribution in [3.8, 4) is 0 Å². The summed E-state index contributed by atoms with van der Waals surface area (Å²) in [4.78, 5) is 31.6. The van der Waals surface area contributed by atoms with E-state index < -0.39 is 0 Å². The van der Waals surface area contributed by atoms with Gasteiger partial charge in [0.2, 0.25) is 17.7 Å². The van der Waals surface area contributed by atoms with Crippen LogP contribution >= 0.6 is 0 Å². The minimum Gasteiger partial charge on any atom is -0.342 e. The number of aromatic nitrogens is 2. The molecular weight excluding hydrogens is 356 g/mol. The summed E-state index contributed by atoms with van der Waals surface area (Å²) >= 11 is 0. The molecule has 1 saturated heterocycles. The van der Waals surface area contributed by atoms with E-state index in [4.69, 9.17) is 4.52 Å². The minimum absolute atomic E-state index is 0.0414. The van der Waals surface area contributed by atoms with E-state index in [-0.39, 0.29) is 30.1 Å². The van der Waals surface area contributed by atoms with E-state index in [1.807, 2.05) is 35.2 Å². The molecule has 2 heterocycles. The average Bonchev–Trinajstić information content (AvgIpc) is 3.40. The molecule has 1 aliphatic carbocycles. The van der Waals surface area contributed by atoms with Crippen molar-refractivity contribution >= 4 is 17.5 Å². The highest BCUT2D eigenvalue weighted by Gasteiger charge is 2.38. The van der Waals surface area contributed by atoms with Gasteiger partial charge in [-0.3, -0.25) is 9.59 Å². The number of likely N-dealkylation sites (tertiary alicyclic amines) is 1. The normalized spacial score (nSPS) is 22.2. The SMILES string of the molecule is O=C(Cc1noc([C@H]2CCCC[C@@H]2C(=O)N2CCCC2)n1)Nc1ccccc1. The van der Waals surface area contributed by atoms with Gasteiger partial charge in [-0.15, -0.1) is 0 Å². The van der Waals surface area contributed by atoms with Crippen LogP contribution in [0.4, 0.5) is 5.69 Å². The Morgan fingerprint density at radius 1 is 1.07 bits per heavy atom. The van der Waals surface area contributed by atoms with E-state index >= 15 is 0 Å². The number of hydrogen-bond donors (Lipinski definition) is 1. The quantitative estimate of drug-likeness (QED) is 0.858. The Morgan fingerprint density at radius 3 is 2.61 bits per heavy atom. The van der Waals surface area contributed by atoms with Crippen LogP contribution in [0.1, 0.15) is 56.2 Å². The van der Waals surface area contributed by atoms with Gasteiger partial charge in [0.1, 0.15) is 0 Å². The molecule has 1 aromatic heterocycles. The minimum atomic E-state index is -0.188. The molecule has 2 aromatic rings. The summed E-state index contributed by atoms with van der Waals surface area (Å²) in [5, 5.41) is 6.81. The van der Waals surface area contributed by atoms with Crippen molar-refractivity contribution in [1.82, 2.24) is 15.0 Å². The largest absolute Gasteiger partial charge is 0.342 e. The maximum atomic E-state index is 12.9. The second-order valence-corrected chi connectivity index (χ2v) is 7.67. The Kier molecular flexibility index (Phi) is 5.69. The summed E-state index contributed by atoms with van der Waals surface area (Å²) in [6.07, 6.45) is 6.08. The second kappa shape index (κ2) is 8.54. The molecule has 1 aromatic carbocycles. The lowest BCUT2D eigenvalue weighted by molar-refractivity contribution is -0.136. The topological polar surface area (TPSA) is 88.3 Å². The van der Waals surface area contributed by atoms with E-state index in [2.05, 4.69) is 15.5 Å². The molecule has 7 nitrogen and oxygen atoms in total. The standard InChI is InChI=1S/C21H26N4O3/c26-19(22-15-8-2-1-3-9-15)14-18-23-20(28-24-18)16-10-4-5-11-17(16)21(27)25-12-6-7-13-25/h1-3,8-9,16-17H,4-7,10-14H2,(H,22,26)/t16-,17-/m0/s1. The molecule has 0 unspecified atom stereocenters.